The van der Waals surface area contributed by atoms with Crippen LogP contribution >= 0.6 is 15.2 Å². The van der Waals surface area contributed by atoms with Crippen LogP contribution in [0.2, 0.25) is 0 Å². The van der Waals surface area contributed by atoms with Gasteiger partial charge in [-0.1, -0.05) is 6.92 Å². The molecule has 0 amide bonds. The molecule has 2 atom stereocenters. The minimum Gasteiger partial charge on any atom is -0.458 e. The maximum Gasteiger partial charge on any atom is 0.333 e. The van der Waals surface area contributed by atoms with Gasteiger partial charge in [0, 0.05) is 0 Å². The monoisotopic (exact) mass is 530 g/mol. The van der Waals surface area contributed by atoms with E-state index in [4.69, 9.17) is 27.6 Å². The van der Waals surface area contributed by atoms with E-state index in [1.807, 2.05) is 27.7 Å². The molecule has 10 nitrogen and oxygen atoms in total. The lowest BCUT2D eigenvalue weighted by Gasteiger charge is -2.23. The number of unbranched alkanes of at least 4 members (excludes halogenated alkanes) is 1. The number of ether oxygens (including phenoxy) is 2. The van der Waals surface area contributed by atoms with Crippen LogP contribution in [0.3, 0.4) is 0 Å². The van der Waals surface area contributed by atoms with Gasteiger partial charge < -0.3 is 23.0 Å². The zero-order valence-electron chi connectivity index (χ0n) is 22.0. The molecule has 0 aromatic carbocycles. The highest BCUT2D eigenvalue weighted by molar-refractivity contribution is 7.54. The molecule has 0 radical (unpaired) electrons. The van der Waals surface area contributed by atoms with Gasteiger partial charge in [-0.2, -0.15) is 0 Å². The van der Waals surface area contributed by atoms with Crippen LogP contribution in [0.1, 0.15) is 74.7 Å². The number of carbonyl (C=O) groups excluding carboxylic acids is 2. The predicted octanol–water partition coefficient (Wildman–Crippen LogP) is 5.38. The maximum atomic E-state index is 13.2. The summed E-state index contributed by atoms with van der Waals surface area (Å²) in [5.74, 6) is -0.913. The van der Waals surface area contributed by atoms with Gasteiger partial charge in [0.15, 0.2) is 12.4 Å². The van der Waals surface area contributed by atoms with Gasteiger partial charge in [-0.3, -0.25) is 18.4 Å². The Kier molecular flexibility index (Phi) is 15.2. The number of hydrogen-bond acceptors (Lipinski definition) is 10. The van der Waals surface area contributed by atoms with E-state index in [0.717, 1.165) is 0 Å². The second kappa shape index (κ2) is 15.5. The minimum absolute atomic E-state index is 0.00813. The van der Waals surface area contributed by atoms with Crippen LogP contribution in [0, 0.1) is 0 Å². The van der Waals surface area contributed by atoms with Crippen LogP contribution in [-0.4, -0.2) is 68.3 Å². The molecule has 12 heteroatoms. The topological polar surface area (TPSA) is 124 Å². The van der Waals surface area contributed by atoms with Crippen molar-refractivity contribution >= 4 is 26.9 Å². The fourth-order valence-electron chi connectivity index (χ4n) is 2.41. The Labute approximate surface area is 204 Å². The molecule has 0 aromatic heterocycles. The summed E-state index contributed by atoms with van der Waals surface area (Å²) in [7, 11) is -7.12. The summed E-state index contributed by atoms with van der Waals surface area (Å²) >= 11 is 0. The first-order valence-corrected chi connectivity index (χ1v) is 15.1. The molecule has 0 aliphatic carbocycles. The molecule has 34 heavy (non-hydrogen) atoms. The highest BCUT2D eigenvalue weighted by Crippen LogP contribution is 2.51. The molecule has 0 rings (SSSR count). The van der Waals surface area contributed by atoms with Crippen molar-refractivity contribution in [2.75, 3.05) is 45.4 Å². The van der Waals surface area contributed by atoms with Crippen molar-refractivity contribution in [2.45, 2.75) is 85.9 Å². The molecule has 0 spiro atoms. The van der Waals surface area contributed by atoms with Crippen molar-refractivity contribution in [3.8, 4) is 0 Å². The molecule has 0 aliphatic heterocycles. The summed E-state index contributed by atoms with van der Waals surface area (Å²) in [5, 5.41) is 0. The quantitative estimate of drug-likeness (QED) is 0.130. The molecule has 0 saturated heterocycles. The van der Waals surface area contributed by atoms with Crippen LogP contribution in [0.4, 0.5) is 0 Å². The van der Waals surface area contributed by atoms with Crippen LogP contribution in [-0.2, 0) is 46.3 Å². The van der Waals surface area contributed by atoms with E-state index >= 15 is 0 Å². The van der Waals surface area contributed by atoms with Gasteiger partial charge in [-0.15, -0.1) is 0 Å². The molecule has 202 valence electrons. The predicted molar refractivity (Wildman–Crippen MR) is 131 cm³/mol. The molecule has 0 bridgehead atoms. The molecule has 0 heterocycles. The number of ketones is 1. The fourth-order valence-corrected chi connectivity index (χ4v) is 5.79. The first-order chi connectivity index (χ1) is 15.5. The summed E-state index contributed by atoms with van der Waals surface area (Å²) in [5.41, 5.74) is -1.09. The molecule has 0 fully saturated rings. The Balaban J connectivity index is 4.96. The maximum absolute atomic E-state index is 13.2. The van der Waals surface area contributed by atoms with E-state index in [0.29, 0.717) is 19.3 Å². The number of carbonyl (C=O) groups is 2. The Morgan fingerprint density at radius 2 is 1.21 bits per heavy atom. The van der Waals surface area contributed by atoms with Gasteiger partial charge in [0.2, 0.25) is 0 Å². The summed E-state index contributed by atoms with van der Waals surface area (Å²) in [6.45, 7) is 13.7. The van der Waals surface area contributed by atoms with E-state index in [9.17, 15) is 18.7 Å². The largest absolute Gasteiger partial charge is 0.458 e. The molecule has 0 N–H and O–H groups in total. The lowest BCUT2D eigenvalue weighted by Crippen LogP contribution is -2.26. The summed E-state index contributed by atoms with van der Waals surface area (Å²) in [6, 6.07) is 0. The second-order valence-electron chi connectivity index (χ2n) is 9.84. The summed E-state index contributed by atoms with van der Waals surface area (Å²) < 4.78 is 58.3. The van der Waals surface area contributed by atoms with Crippen molar-refractivity contribution in [1.82, 2.24) is 0 Å². The molecule has 0 aromatic rings. The highest BCUT2D eigenvalue weighted by atomic mass is 31.2. The number of rotatable bonds is 18. The second-order valence-corrected chi connectivity index (χ2v) is 14.2. The van der Waals surface area contributed by atoms with Gasteiger partial charge in [-0.25, -0.2) is 4.79 Å². The number of hydrogen-bond donors (Lipinski definition) is 0. The van der Waals surface area contributed by atoms with Crippen molar-refractivity contribution in [2.24, 2.45) is 0 Å². The zero-order valence-corrected chi connectivity index (χ0v) is 23.8. The SMILES string of the molecule is CCCOP(=O)(CCCCP(=O)(OCCOC(C)(C)C)OCC(=O)OC(C)(C)C)OCC(C)=O. The van der Waals surface area contributed by atoms with E-state index in [-0.39, 0.29) is 50.1 Å². The molecule has 0 saturated carbocycles. The Hall–Kier alpha value is -0.600. The van der Waals surface area contributed by atoms with Gasteiger partial charge in [0.05, 0.1) is 37.7 Å². The summed E-state index contributed by atoms with van der Waals surface area (Å²) in [6.07, 6.45) is 1.34. The van der Waals surface area contributed by atoms with Crippen LogP contribution in [0.25, 0.3) is 0 Å². The Morgan fingerprint density at radius 1 is 0.706 bits per heavy atom. The Bertz CT molecular complexity index is 709. The number of esters is 1. The van der Waals surface area contributed by atoms with Gasteiger partial charge >= 0.3 is 21.2 Å². The smallest absolute Gasteiger partial charge is 0.333 e. The average molecular weight is 531 g/mol. The Morgan fingerprint density at radius 3 is 1.65 bits per heavy atom. The third-order valence-corrected chi connectivity index (χ3v) is 7.70. The highest BCUT2D eigenvalue weighted by Gasteiger charge is 2.29. The van der Waals surface area contributed by atoms with E-state index in [2.05, 4.69) is 0 Å². The van der Waals surface area contributed by atoms with Crippen molar-refractivity contribution in [3.63, 3.8) is 0 Å². The first-order valence-electron chi connectivity index (χ1n) is 11.6. The number of Topliss-reactive ketones (excluding diaryl/α,β-unsaturated/α-hetero) is 1. The standard InChI is InChI=1S/C22H44O10P2/c1-9-12-28-33(25,30-17-19(2)23)15-10-11-16-34(26,29-14-13-27-21(3,4)5)31-18-20(24)32-22(6,7)8/h9-18H2,1-8H3. The molecule has 0 aliphatic rings. The van der Waals surface area contributed by atoms with Crippen LogP contribution in [0.15, 0.2) is 0 Å². The van der Waals surface area contributed by atoms with Gasteiger partial charge in [0.1, 0.15) is 12.2 Å². The average Bonchev–Trinajstić information content (AvgIpc) is 2.68. The molecule has 2 unspecified atom stereocenters. The third kappa shape index (κ3) is 18.7. The third-order valence-electron chi connectivity index (χ3n) is 3.78. The van der Waals surface area contributed by atoms with E-state index in [1.54, 1.807) is 20.8 Å². The lowest BCUT2D eigenvalue weighted by atomic mass is 10.2. The van der Waals surface area contributed by atoms with Crippen LogP contribution < -0.4 is 0 Å². The minimum atomic E-state index is -3.66. The summed E-state index contributed by atoms with van der Waals surface area (Å²) in [4.78, 5) is 23.2. The van der Waals surface area contributed by atoms with Crippen molar-refractivity contribution in [3.05, 3.63) is 0 Å². The molecular formula is C22H44O10P2. The fraction of sp³-hybridized carbons (Fsp3) is 0.909. The molecular weight excluding hydrogens is 486 g/mol. The zero-order chi connectivity index (χ0) is 26.5. The van der Waals surface area contributed by atoms with E-state index in [1.165, 1.54) is 6.92 Å². The lowest BCUT2D eigenvalue weighted by molar-refractivity contribution is -0.157. The van der Waals surface area contributed by atoms with E-state index < -0.39 is 33.4 Å². The van der Waals surface area contributed by atoms with Gasteiger partial charge in [0.25, 0.3) is 0 Å². The first kappa shape index (κ1) is 33.4. The van der Waals surface area contributed by atoms with Crippen LogP contribution in [0.5, 0.6) is 0 Å². The normalized spacial score (nSPS) is 16.0. The van der Waals surface area contributed by atoms with Crippen molar-refractivity contribution < 1.29 is 46.3 Å². The van der Waals surface area contributed by atoms with Gasteiger partial charge in [-0.05, 0) is 67.7 Å². The van der Waals surface area contributed by atoms with Crippen molar-refractivity contribution in [1.29, 1.82) is 0 Å².